The molecular formula is C15H22N2O4. The van der Waals surface area contributed by atoms with E-state index in [1.807, 2.05) is 13.8 Å². The van der Waals surface area contributed by atoms with E-state index in [-0.39, 0.29) is 35.6 Å². The molecule has 2 N–H and O–H groups in total. The van der Waals surface area contributed by atoms with Gasteiger partial charge in [-0.3, -0.25) is 9.59 Å². The summed E-state index contributed by atoms with van der Waals surface area (Å²) in [6, 6.07) is 2.63. The summed E-state index contributed by atoms with van der Waals surface area (Å²) in [6.07, 6.45) is -0.312. The minimum Gasteiger partial charge on any atom is -0.508 e. The molecule has 2 heterocycles. The van der Waals surface area contributed by atoms with Crippen LogP contribution >= 0.6 is 0 Å². The number of hydrogen-bond acceptors (Lipinski definition) is 4. The number of aliphatic hydroxyl groups is 1. The fourth-order valence-corrected chi connectivity index (χ4v) is 2.67. The molecule has 21 heavy (non-hydrogen) atoms. The Morgan fingerprint density at radius 2 is 2.10 bits per heavy atom. The van der Waals surface area contributed by atoms with Crippen molar-refractivity contribution in [1.82, 2.24) is 9.47 Å². The van der Waals surface area contributed by atoms with Crippen molar-refractivity contribution < 1.29 is 15.0 Å². The van der Waals surface area contributed by atoms with E-state index in [0.717, 1.165) is 6.07 Å². The molecule has 1 unspecified atom stereocenters. The summed E-state index contributed by atoms with van der Waals surface area (Å²) in [7, 11) is 0. The maximum absolute atomic E-state index is 12.2. The zero-order valence-electron chi connectivity index (χ0n) is 12.7. The Labute approximate surface area is 123 Å². The number of aromatic nitrogens is 1. The van der Waals surface area contributed by atoms with Crippen LogP contribution in [0.1, 0.15) is 26.0 Å². The normalized spacial score (nSPS) is 20.8. The van der Waals surface area contributed by atoms with Crippen LogP contribution in [0.4, 0.5) is 0 Å². The number of amides is 1. The number of pyridine rings is 1. The van der Waals surface area contributed by atoms with Gasteiger partial charge in [-0.05, 0) is 13.0 Å². The molecule has 1 aliphatic heterocycles. The molecule has 1 saturated heterocycles. The van der Waals surface area contributed by atoms with Crippen molar-refractivity contribution in [3.63, 3.8) is 0 Å². The van der Waals surface area contributed by atoms with Gasteiger partial charge in [0, 0.05) is 43.2 Å². The molecule has 1 amide bonds. The van der Waals surface area contributed by atoms with Crippen molar-refractivity contribution in [3.8, 4) is 5.75 Å². The molecule has 6 heteroatoms. The highest BCUT2D eigenvalue weighted by atomic mass is 16.3. The van der Waals surface area contributed by atoms with Gasteiger partial charge in [-0.15, -0.1) is 0 Å². The molecule has 1 aliphatic rings. The predicted molar refractivity (Wildman–Crippen MR) is 78.1 cm³/mol. The SMILES string of the molecule is Cc1cc(O)cc(=O)n1CCC(=O)N1CC(O)C(C)(C)C1. The fraction of sp³-hybridized carbons (Fsp3) is 0.600. The fourth-order valence-electron chi connectivity index (χ4n) is 2.67. The minimum absolute atomic E-state index is 0.0653. The van der Waals surface area contributed by atoms with E-state index < -0.39 is 6.10 Å². The maximum Gasteiger partial charge on any atom is 0.254 e. The van der Waals surface area contributed by atoms with E-state index in [4.69, 9.17) is 0 Å². The highest BCUT2D eigenvalue weighted by Crippen LogP contribution is 2.29. The Balaban J connectivity index is 2.02. The number of aryl methyl sites for hydroxylation is 1. The van der Waals surface area contributed by atoms with E-state index in [9.17, 15) is 19.8 Å². The van der Waals surface area contributed by atoms with Crippen LogP contribution in [-0.2, 0) is 11.3 Å². The lowest BCUT2D eigenvalue weighted by Crippen LogP contribution is -2.32. The smallest absolute Gasteiger partial charge is 0.254 e. The first kappa shape index (κ1) is 15.6. The van der Waals surface area contributed by atoms with Gasteiger partial charge < -0.3 is 19.7 Å². The van der Waals surface area contributed by atoms with Crippen LogP contribution in [0.3, 0.4) is 0 Å². The minimum atomic E-state index is -0.514. The Kier molecular flexibility index (Phi) is 4.09. The van der Waals surface area contributed by atoms with Crippen molar-refractivity contribution in [2.45, 2.75) is 39.8 Å². The molecular weight excluding hydrogens is 272 g/mol. The van der Waals surface area contributed by atoms with Gasteiger partial charge in [-0.2, -0.15) is 0 Å². The number of aliphatic hydroxyl groups excluding tert-OH is 1. The van der Waals surface area contributed by atoms with E-state index >= 15 is 0 Å². The Morgan fingerprint density at radius 3 is 2.62 bits per heavy atom. The Hall–Kier alpha value is -1.82. The molecule has 0 spiro atoms. The van der Waals surface area contributed by atoms with Crippen LogP contribution in [0, 0.1) is 12.3 Å². The van der Waals surface area contributed by atoms with Crippen LogP contribution in [0.2, 0.25) is 0 Å². The third kappa shape index (κ3) is 3.26. The molecule has 0 radical (unpaired) electrons. The second-order valence-electron chi connectivity index (χ2n) is 6.37. The van der Waals surface area contributed by atoms with Gasteiger partial charge in [0.05, 0.1) is 6.10 Å². The van der Waals surface area contributed by atoms with Gasteiger partial charge in [0.15, 0.2) is 0 Å². The van der Waals surface area contributed by atoms with Crippen molar-refractivity contribution >= 4 is 5.91 Å². The monoisotopic (exact) mass is 294 g/mol. The molecule has 116 valence electrons. The van der Waals surface area contributed by atoms with E-state index in [0.29, 0.717) is 18.8 Å². The highest BCUT2D eigenvalue weighted by Gasteiger charge is 2.39. The summed E-state index contributed by atoms with van der Waals surface area (Å²) < 4.78 is 1.47. The summed E-state index contributed by atoms with van der Waals surface area (Å²) in [5.74, 6) is -0.136. The first-order valence-electron chi connectivity index (χ1n) is 7.07. The number of likely N-dealkylation sites (tertiary alicyclic amines) is 1. The van der Waals surface area contributed by atoms with Crippen LogP contribution in [0.25, 0.3) is 0 Å². The van der Waals surface area contributed by atoms with Crippen molar-refractivity contribution in [2.24, 2.45) is 5.41 Å². The van der Waals surface area contributed by atoms with Crippen LogP contribution in [-0.4, -0.2) is 44.8 Å². The van der Waals surface area contributed by atoms with Crippen LogP contribution in [0.5, 0.6) is 5.75 Å². The molecule has 1 atom stereocenters. The number of carbonyl (C=O) groups excluding carboxylic acids is 1. The lowest BCUT2D eigenvalue weighted by Gasteiger charge is -2.21. The number of hydrogen-bond donors (Lipinski definition) is 2. The van der Waals surface area contributed by atoms with Gasteiger partial charge in [0.1, 0.15) is 5.75 Å². The number of β-amino-alcohol motifs (C(OH)–C–C–N with tert-alkyl or cyclic N) is 1. The molecule has 1 aromatic rings. The van der Waals surface area contributed by atoms with Crippen molar-refractivity contribution in [2.75, 3.05) is 13.1 Å². The standard InChI is InChI=1S/C15H22N2O4/c1-10-6-11(18)7-14(21)17(10)5-4-13(20)16-8-12(19)15(2,3)9-16/h6-7,12,18-19H,4-5,8-9H2,1-3H3. The summed E-state index contributed by atoms with van der Waals surface area (Å²) in [6.45, 7) is 6.72. The molecule has 1 aromatic heterocycles. The first-order valence-corrected chi connectivity index (χ1v) is 7.07. The third-order valence-electron chi connectivity index (χ3n) is 4.12. The molecule has 1 fully saturated rings. The average Bonchev–Trinajstić information content (AvgIpc) is 2.62. The first-order chi connectivity index (χ1) is 9.70. The largest absolute Gasteiger partial charge is 0.508 e. The maximum atomic E-state index is 12.2. The lowest BCUT2D eigenvalue weighted by atomic mass is 9.90. The summed E-state index contributed by atoms with van der Waals surface area (Å²) in [4.78, 5) is 25.6. The molecule has 0 aromatic carbocycles. The second kappa shape index (κ2) is 5.52. The van der Waals surface area contributed by atoms with Gasteiger partial charge in [0.25, 0.3) is 5.56 Å². The molecule has 6 nitrogen and oxygen atoms in total. The second-order valence-corrected chi connectivity index (χ2v) is 6.37. The number of carbonyl (C=O) groups is 1. The zero-order chi connectivity index (χ0) is 15.8. The van der Waals surface area contributed by atoms with Crippen molar-refractivity contribution in [1.29, 1.82) is 0 Å². The van der Waals surface area contributed by atoms with E-state index in [1.165, 1.54) is 10.6 Å². The summed E-state index contributed by atoms with van der Waals surface area (Å²) in [5.41, 5.74) is 0.0118. The molecule has 0 aliphatic carbocycles. The molecule has 0 bridgehead atoms. The van der Waals surface area contributed by atoms with Crippen LogP contribution in [0.15, 0.2) is 16.9 Å². The Bertz CT molecular complexity index is 606. The third-order valence-corrected chi connectivity index (χ3v) is 4.12. The average molecular weight is 294 g/mol. The van der Waals surface area contributed by atoms with Crippen LogP contribution < -0.4 is 5.56 Å². The zero-order valence-corrected chi connectivity index (χ0v) is 12.7. The highest BCUT2D eigenvalue weighted by molar-refractivity contribution is 5.76. The predicted octanol–water partition coefficient (Wildman–Crippen LogP) is 0.482. The quantitative estimate of drug-likeness (QED) is 0.849. The molecule has 2 rings (SSSR count). The van der Waals surface area contributed by atoms with Gasteiger partial charge in [-0.25, -0.2) is 0 Å². The summed E-state index contributed by atoms with van der Waals surface area (Å²) >= 11 is 0. The molecule has 0 saturated carbocycles. The van der Waals surface area contributed by atoms with E-state index in [1.54, 1.807) is 11.8 Å². The number of aromatic hydroxyl groups is 1. The van der Waals surface area contributed by atoms with Crippen molar-refractivity contribution in [3.05, 3.63) is 28.2 Å². The van der Waals surface area contributed by atoms with Gasteiger partial charge in [0.2, 0.25) is 5.91 Å². The Morgan fingerprint density at radius 1 is 1.43 bits per heavy atom. The lowest BCUT2D eigenvalue weighted by molar-refractivity contribution is -0.130. The number of rotatable bonds is 3. The number of nitrogens with zero attached hydrogens (tertiary/aromatic N) is 2. The van der Waals surface area contributed by atoms with E-state index in [2.05, 4.69) is 0 Å². The summed E-state index contributed by atoms with van der Waals surface area (Å²) in [5, 5.41) is 19.2. The van der Waals surface area contributed by atoms with Gasteiger partial charge >= 0.3 is 0 Å². The van der Waals surface area contributed by atoms with Gasteiger partial charge in [-0.1, -0.05) is 13.8 Å². The topological polar surface area (TPSA) is 82.8 Å².